The molecule has 0 unspecified atom stereocenters. The zero-order chi connectivity index (χ0) is 38.2. The summed E-state index contributed by atoms with van der Waals surface area (Å²) in [5.41, 5.74) is 18.9. The van der Waals surface area contributed by atoms with Gasteiger partial charge < -0.3 is 4.90 Å². The molecule has 1 nitrogen and oxygen atoms in total. The molecular weight excluding hydrogens is 663 g/mol. The second kappa shape index (κ2) is 14.6. The molecule has 0 bridgehead atoms. The van der Waals surface area contributed by atoms with Gasteiger partial charge in [0.05, 0.1) is 0 Å². The van der Waals surface area contributed by atoms with Crippen molar-refractivity contribution in [2.45, 2.75) is 51.9 Å². The SMILES string of the molecule is C=C/C=C\C=C\C/C=C\C(=C/C)N(c1ccc(-c2ccc3c(c2)C(C)(C)c2ccccc2-3)c(-c2ccccc2)c1)c1ccc2c(c1)C(C)(C)c1ccccc1-2. The summed E-state index contributed by atoms with van der Waals surface area (Å²) in [6, 6.07) is 49.8. The highest BCUT2D eigenvalue weighted by molar-refractivity contribution is 5.91. The van der Waals surface area contributed by atoms with Crippen LogP contribution in [0.25, 0.3) is 44.5 Å². The van der Waals surface area contributed by atoms with E-state index in [1.165, 1.54) is 66.8 Å². The maximum atomic E-state index is 3.78. The van der Waals surface area contributed by atoms with Gasteiger partial charge in [0, 0.05) is 27.9 Å². The van der Waals surface area contributed by atoms with E-state index in [9.17, 15) is 0 Å². The Kier molecular flexibility index (Phi) is 9.49. The predicted molar refractivity (Wildman–Crippen MR) is 237 cm³/mol. The van der Waals surface area contributed by atoms with Crippen molar-refractivity contribution in [3.05, 3.63) is 217 Å². The van der Waals surface area contributed by atoms with Crippen LogP contribution in [0.3, 0.4) is 0 Å². The van der Waals surface area contributed by atoms with Crippen LogP contribution in [-0.4, -0.2) is 0 Å². The molecule has 0 aromatic heterocycles. The highest BCUT2D eigenvalue weighted by atomic mass is 15.1. The molecule has 2 aliphatic carbocycles. The number of hydrogen-bond acceptors (Lipinski definition) is 1. The van der Waals surface area contributed by atoms with Gasteiger partial charge in [-0.3, -0.25) is 0 Å². The van der Waals surface area contributed by atoms with Gasteiger partial charge in [0.15, 0.2) is 0 Å². The number of hydrogen-bond donors (Lipinski definition) is 0. The molecule has 0 fully saturated rings. The van der Waals surface area contributed by atoms with Crippen LogP contribution < -0.4 is 4.90 Å². The number of nitrogens with zero attached hydrogens (tertiary/aromatic N) is 1. The molecule has 0 N–H and O–H groups in total. The molecule has 55 heavy (non-hydrogen) atoms. The molecule has 0 heterocycles. The summed E-state index contributed by atoms with van der Waals surface area (Å²) < 4.78 is 0. The lowest BCUT2D eigenvalue weighted by atomic mass is 9.81. The molecule has 0 saturated carbocycles. The van der Waals surface area contributed by atoms with E-state index in [4.69, 9.17) is 0 Å². The van der Waals surface area contributed by atoms with Crippen LogP contribution in [0, 0.1) is 0 Å². The van der Waals surface area contributed by atoms with Gasteiger partial charge in [-0.25, -0.2) is 0 Å². The summed E-state index contributed by atoms with van der Waals surface area (Å²) in [5.74, 6) is 0. The molecule has 270 valence electrons. The second-order valence-electron chi connectivity index (χ2n) is 15.7. The van der Waals surface area contributed by atoms with E-state index < -0.39 is 0 Å². The van der Waals surface area contributed by atoms with Crippen LogP contribution in [-0.2, 0) is 10.8 Å². The van der Waals surface area contributed by atoms with Gasteiger partial charge in [0.1, 0.15) is 0 Å². The lowest BCUT2D eigenvalue weighted by molar-refractivity contribution is 0.660. The first-order valence-electron chi connectivity index (χ1n) is 19.5. The average molecular weight is 712 g/mol. The topological polar surface area (TPSA) is 3.24 Å². The highest BCUT2D eigenvalue weighted by Crippen LogP contribution is 2.52. The summed E-state index contributed by atoms with van der Waals surface area (Å²) in [6.07, 6.45) is 17.5. The third-order valence-corrected chi connectivity index (χ3v) is 11.7. The van der Waals surface area contributed by atoms with Gasteiger partial charge in [0.25, 0.3) is 0 Å². The second-order valence-corrected chi connectivity index (χ2v) is 15.7. The molecule has 0 atom stereocenters. The first kappa shape index (κ1) is 35.8. The molecule has 6 aromatic rings. The minimum atomic E-state index is -0.108. The third kappa shape index (κ3) is 6.34. The quantitative estimate of drug-likeness (QED) is 0.128. The first-order chi connectivity index (χ1) is 26.7. The van der Waals surface area contributed by atoms with E-state index in [1.54, 1.807) is 6.08 Å². The van der Waals surface area contributed by atoms with Crippen LogP contribution in [0.2, 0.25) is 0 Å². The fourth-order valence-electron chi connectivity index (χ4n) is 8.80. The summed E-state index contributed by atoms with van der Waals surface area (Å²) in [6.45, 7) is 15.3. The minimum absolute atomic E-state index is 0.0725. The molecule has 8 rings (SSSR count). The molecule has 0 radical (unpaired) electrons. The van der Waals surface area contributed by atoms with Crippen molar-refractivity contribution >= 4 is 11.4 Å². The smallest absolute Gasteiger partial charge is 0.0468 e. The molecule has 0 saturated heterocycles. The molecule has 1 heteroatoms. The van der Waals surface area contributed by atoms with E-state index in [2.05, 4.69) is 210 Å². The van der Waals surface area contributed by atoms with E-state index in [0.717, 1.165) is 23.5 Å². The average Bonchev–Trinajstić information content (AvgIpc) is 3.59. The van der Waals surface area contributed by atoms with Crippen LogP contribution in [0.4, 0.5) is 11.4 Å². The van der Waals surface area contributed by atoms with Crippen LogP contribution in [0.5, 0.6) is 0 Å². The monoisotopic (exact) mass is 711 g/mol. The van der Waals surface area contributed by atoms with E-state index >= 15 is 0 Å². The Bertz CT molecular complexity index is 2540. The zero-order valence-electron chi connectivity index (χ0n) is 32.7. The third-order valence-electron chi connectivity index (χ3n) is 11.7. The fraction of sp³-hybridized carbons (Fsp3) is 0.148. The minimum Gasteiger partial charge on any atom is -0.311 e. The molecular formula is C54H49N. The van der Waals surface area contributed by atoms with Crippen LogP contribution >= 0.6 is 0 Å². The Morgan fingerprint density at radius 1 is 0.509 bits per heavy atom. The summed E-state index contributed by atoms with van der Waals surface area (Å²) >= 11 is 0. The van der Waals surface area contributed by atoms with Gasteiger partial charge in [-0.05, 0) is 117 Å². The Morgan fingerprint density at radius 3 is 1.73 bits per heavy atom. The number of benzene rings is 6. The molecule has 0 amide bonds. The molecule has 0 spiro atoms. The largest absolute Gasteiger partial charge is 0.311 e. The standard InChI is InChI=1S/C54H49N/c1-7-9-10-11-12-13-17-24-40(8-2)55(42-31-34-47-45-26-19-21-28-50(45)54(5,6)52(47)37-42)41-30-33-43(48(36-41)38-22-15-14-16-23-38)39-29-32-46-44-25-18-20-27-49(44)53(3,4)51(46)35-39/h7-12,14-37H,1,13H2,2-6H3/b10-9-,12-11+,24-17-,40-8+. The maximum absolute atomic E-state index is 3.78. The molecule has 2 aliphatic rings. The number of allylic oxidation sites excluding steroid dienone is 8. The molecule has 0 aliphatic heterocycles. The van der Waals surface area contributed by atoms with Gasteiger partial charge >= 0.3 is 0 Å². The van der Waals surface area contributed by atoms with Crippen LogP contribution in [0.1, 0.15) is 63.3 Å². The zero-order valence-corrected chi connectivity index (χ0v) is 32.7. The van der Waals surface area contributed by atoms with Crippen molar-refractivity contribution in [1.82, 2.24) is 0 Å². The van der Waals surface area contributed by atoms with Crippen molar-refractivity contribution in [2.75, 3.05) is 4.90 Å². The number of rotatable bonds is 10. The Morgan fingerprint density at radius 2 is 1.07 bits per heavy atom. The van der Waals surface area contributed by atoms with Gasteiger partial charge in [-0.1, -0.05) is 180 Å². The van der Waals surface area contributed by atoms with E-state index in [0.29, 0.717) is 0 Å². The van der Waals surface area contributed by atoms with E-state index in [1.807, 2.05) is 12.2 Å². The Labute approximate surface area is 328 Å². The number of anilines is 2. The lowest BCUT2D eigenvalue weighted by Crippen LogP contribution is -2.18. The molecule has 6 aromatic carbocycles. The van der Waals surface area contributed by atoms with Crippen molar-refractivity contribution in [1.29, 1.82) is 0 Å². The highest BCUT2D eigenvalue weighted by Gasteiger charge is 2.37. The summed E-state index contributed by atoms with van der Waals surface area (Å²) in [5, 5.41) is 0. The Hall–Kier alpha value is -6.18. The van der Waals surface area contributed by atoms with Crippen molar-refractivity contribution in [2.24, 2.45) is 0 Å². The van der Waals surface area contributed by atoms with Crippen LogP contribution in [0.15, 0.2) is 194 Å². The normalized spacial score (nSPS) is 15.0. The summed E-state index contributed by atoms with van der Waals surface area (Å²) in [7, 11) is 0. The van der Waals surface area contributed by atoms with Crippen molar-refractivity contribution in [3.8, 4) is 44.5 Å². The lowest BCUT2D eigenvalue weighted by Gasteiger charge is -2.29. The summed E-state index contributed by atoms with van der Waals surface area (Å²) in [4.78, 5) is 2.43. The predicted octanol–water partition coefficient (Wildman–Crippen LogP) is 14.9. The first-order valence-corrected chi connectivity index (χ1v) is 19.5. The van der Waals surface area contributed by atoms with Gasteiger partial charge in [0.2, 0.25) is 0 Å². The van der Waals surface area contributed by atoms with Gasteiger partial charge in [-0.2, -0.15) is 0 Å². The van der Waals surface area contributed by atoms with E-state index in [-0.39, 0.29) is 10.8 Å². The number of fused-ring (bicyclic) bond motifs is 6. The van der Waals surface area contributed by atoms with Crippen molar-refractivity contribution < 1.29 is 0 Å². The maximum Gasteiger partial charge on any atom is 0.0468 e. The van der Waals surface area contributed by atoms with Gasteiger partial charge in [-0.15, -0.1) is 0 Å². The van der Waals surface area contributed by atoms with Crippen molar-refractivity contribution in [3.63, 3.8) is 0 Å². The Balaban J connectivity index is 1.27. The fourth-order valence-corrected chi connectivity index (χ4v) is 8.80.